The summed E-state index contributed by atoms with van der Waals surface area (Å²) in [7, 11) is 1.94. The van der Waals surface area contributed by atoms with Crippen LogP contribution in [0.1, 0.15) is 50.0 Å². The molecule has 1 N–H and O–H groups in total. The highest BCUT2D eigenvalue weighted by molar-refractivity contribution is 6.30. The van der Waals surface area contributed by atoms with E-state index in [-0.39, 0.29) is 0 Å². The van der Waals surface area contributed by atoms with Gasteiger partial charge in [0.25, 0.3) is 0 Å². The number of halogens is 1. The van der Waals surface area contributed by atoms with Gasteiger partial charge >= 0.3 is 0 Å². The molecule has 1 fully saturated rings. The fraction of sp³-hybridized carbons (Fsp3) is 0.556. The standard InChI is InChI=1S/C18H26ClNO/c1-14(20-2)13-16(15-6-9-17(19)10-7-15)8-11-18-5-3-4-12-21-18/h6-7,9-10,16,18,20H,1,3-5,8,11-13H2,2H3. The van der Waals surface area contributed by atoms with Crippen LogP contribution in [0.25, 0.3) is 0 Å². The number of hydrogen-bond acceptors (Lipinski definition) is 2. The molecule has 3 heteroatoms. The Kier molecular flexibility index (Phi) is 6.59. The van der Waals surface area contributed by atoms with Gasteiger partial charge in [-0.2, -0.15) is 0 Å². The number of allylic oxidation sites excluding steroid dienone is 1. The lowest BCUT2D eigenvalue weighted by atomic mass is 9.88. The molecule has 2 rings (SSSR count). The zero-order valence-corrected chi connectivity index (χ0v) is 13.7. The number of nitrogens with one attached hydrogen (secondary N) is 1. The quantitative estimate of drug-likeness (QED) is 0.774. The highest BCUT2D eigenvalue weighted by Gasteiger charge is 2.18. The van der Waals surface area contributed by atoms with Crippen molar-refractivity contribution in [1.29, 1.82) is 0 Å². The summed E-state index contributed by atoms with van der Waals surface area (Å²) in [6, 6.07) is 8.22. The molecule has 1 saturated heterocycles. The molecular formula is C18H26ClNO. The third kappa shape index (κ3) is 5.37. The van der Waals surface area contributed by atoms with Crippen molar-refractivity contribution in [2.24, 2.45) is 0 Å². The van der Waals surface area contributed by atoms with Gasteiger partial charge in [-0.1, -0.05) is 30.3 Å². The Bertz CT molecular complexity index is 437. The van der Waals surface area contributed by atoms with Crippen LogP contribution in [-0.2, 0) is 4.74 Å². The molecule has 0 amide bonds. The Morgan fingerprint density at radius 3 is 2.76 bits per heavy atom. The van der Waals surface area contributed by atoms with Crippen LogP contribution in [0.2, 0.25) is 5.02 Å². The number of hydrogen-bond donors (Lipinski definition) is 1. The summed E-state index contributed by atoms with van der Waals surface area (Å²) in [6.07, 6.45) is 7.40. The normalized spacial score (nSPS) is 20.0. The van der Waals surface area contributed by atoms with Crippen molar-refractivity contribution in [3.63, 3.8) is 0 Å². The van der Waals surface area contributed by atoms with Crippen molar-refractivity contribution in [3.8, 4) is 0 Å². The summed E-state index contributed by atoms with van der Waals surface area (Å²) in [5.74, 6) is 0.479. The molecule has 0 radical (unpaired) electrons. The van der Waals surface area contributed by atoms with Gasteiger partial charge in [0.2, 0.25) is 0 Å². The molecule has 2 atom stereocenters. The lowest BCUT2D eigenvalue weighted by Crippen LogP contribution is -2.20. The van der Waals surface area contributed by atoms with E-state index in [0.29, 0.717) is 12.0 Å². The molecule has 0 bridgehead atoms. The van der Waals surface area contributed by atoms with E-state index >= 15 is 0 Å². The third-order valence-corrected chi connectivity index (χ3v) is 4.55. The van der Waals surface area contributed by atoms with Gasteiger partial charge in [-0.05, 0) is 62.1 Å². The van der Waals surface area contributed by atoms with Crippen molar-refractivity contribution in [2.45, 2.75) is 50.5 Å². The van der Waals surface area contributed by atoms with Crippen molar-refractivity contribution in [3.05, 3.63) is 47.1 Å². The first-order chi connectivity index (χ1) is 10.2. The molecule has 1 heterocycles. The summed E-state index contributed by atoms with van der Waals surface area (Å²) in [4.78, 5) is 0. The molecule has 1 aromatic rings. The summed E-state index contributed by atoms with van der Waals surface area (Å²) in [6.45, 7) is 5.01. The minimum atomic E-state index is 0.441. The van der Waals surface area contributed by atoms with Crippen LogP contribution in [0.5, 0.6) is 0 Å². The van der Waals surface area contributed by atoms with Gasteiger partial charge in [0.05, 0.1) is 6.10 Å². The van der Waals surface area contributed by atoms with Crippen molar-refractivity contribution in [2.75, 3.05) is 13.7 Å². The minimum Gasteiger partial charge on any atom is -0.392 e. The maximum absolute atomic E-state index is 6.00. The molecule has 1 aliphatic rings. The topological polar surface area (TPSA) is 21.3 Å². The minimum absolute atomic E-state index is 0.441. The predicted octanol–water partition coefficient (Wildman–Crippen LogP) is 4.90. The zero-order chi connectivity index (χ0) is 15.1. The first-order valence-corrected chi connectivity index (χ1v) is 8.29. The lowest BCUT2D eigenvalue weighted by molar-refractivity contribution is 0.00903. The van der Waals surface area contributed by atoms with Crippen molar-refractivity contribution in [1.82, 2.24) is 5.32 Å². The van der Waals surface area contributed by atoms with E-state index in [9.17, 15) is 0 Å². The number of rotatable bonds is 7. The van der Waals surface area contributed by atoms with E-state index in [2.05, 4.69) is 24.0 Å². The van der Waals surface area contributed by atoms with Crippen LogP contribution in [-0.4, -0.2) is 19.8 Å². The average molecular weight is 308 g/mol. The molecule has 2 unspecified atom stereocenters. The van der Waals surface area contributed by atoms with Crippen LogP contribution >= 0.6 is 11.6 Å². The molecule has 116 valence electrons. The first kappa shape index (κ1) is 16.4. The highest BCUT2D eigenvalue weighted by Crippen LogP contribution is 2.30. The van der Waals surface area contributed by atoms with E-state index in [0.717, 1.165) is 36.6 Å². The summed E-state index contributed by atoms with van der Waals surface area (Å²) in [5, 5.41) is 3.95. The molecule has 0 aliphatic carbocycles. The van der Waals surface area contributed by atoms with Gasteiger partial charge in [0, 0.05) is 24.4 Å². The number of ether oxygens (including phenoxy) is 1. The monoisotopic (exact) mass is 307 g/mol. The fourth-order valence-electron chi connectivity index (χ4n) is 2.94. The lowest BCUT2D eigenvalue weighted by Gasteiger charge is -2.25. The Morgan fingerprint density at radius 1 is 1.38 bits per heavy atom. The van der Waals surface area contributed by atoms with Gasteiger partial charge in [0.15, 0.2) is 0 Å². The van der Waals surface area contributed by atoms with Crippen LogP contribution in [0.3, 0.4) is 0 Å². The maximum Gasteiger partial charge on any atom is 0.0575 e. The smallest absolute Gasteiger partial charge is 0.0575 e. The van der Waals surface area contributed by atoms with E-state index in [1.54, 1.807) is 0 Å². The molecule has 0 spiro atoms. The Morgan fingerprint density at radius 2 is 2.14 bits per heavy atom. The predicted molar refractivity (Wildman–Crippen MR) is 89.8 cm³/mol. The van der Waals surface area contributed by atoms with E-state index in [1.165, 1.54) is 24.8 Å². The van der Waals surface area contributed by atoms with Crippen LogP contribution < -0.4 is 5.32 Å². The van der Waals surface area contributed by atoms with Crippen molar-refractivity contribution < 1.29 is 4.74 Å². The van der Waals surface area contributed by atoms with Crippen molar-refractivity contribution >= 4 is 11.6 Å². The first-order valence-electron chi connectivity index (χ1n) is 7.91. The Labute approximate surface area is 133 Å². The molecule has 0 aromatic heterocycles. The molecular weight excluding hydrogens is 282 g/mol. The van der Waals surface area contributed by atoms with Gasteiger partial charge in [0.1, 0.15) is 0 Å². The Balaban J connectivity index is 1.97. The largest absolute Gasteiger partial charge is 0.392 e. The van der Waals surface area contributed by atoms with Crippen LogP contribution in [0, 0.1) is 0 Å². The van der Waals surface area contributed by atoms with E-state index in [1.807, 2.05) is 19.2 Å². The van der Waals surface area contributed by atoms with Crippen LogP contribution in [0.15, 0.2) is 36.5 Å². The van der Waals surface area contributed by atoms with Gasteiger partial charge in [-0.15, -0.1) is 0 Å². The van der Waals surface area contributed by atoms with Gasteiger partial charge < -0.3 is 10.1 Å². The Hall–Kier alpha value is -0.990. The molecule has 1 aliphatic heterocycles. The van der Waals surface area contributed by atoms with E-state index in [4.69, 9.17) is 16.3 Å². The van der Waals surface area contributed by atoms with Gasteiger partial charge in [-0.25, -0.2) is 0 Å². The molecule has 2 nitrogen and oxygen atoms in total. The fourth-order valence-corrected chi connectivity index (χ4v) is 3.07. The third-order valence-electron chi connectivity index (χ3n) is 4.30. The molecule has 0 saturated carbocycles. The molecule has 21 heavy (non-hydrogen) atoms. The SMILES string of the molecule is C=C(CC(CCC1CCCCO1)c1ccc(Cl)cc1)NC. The molecule has 1 aromatic carbocycles. The summed E-state index contributed by atoms with van der Waals surface area (Å²) in [5.41, 5.74) is 2.42. The summed E-state index contributed by atoms with van der Waals surface area (Å²) < 4.78 is 5.86. The second kappa shape index (κ2) is 8.45. The highest BCUT2D eigenvalue weighted by atomic mass is 35.5. The maximum atomic E-state index is 6.00. The second-order valence-electron chi connectivity index (χ2n) is 5.87. The summed E-state index contributed by atoms with van der Waals surface area (Å²) >= 11 is 6.00. The van der Waals surface area contributed by atoms with Crippen LogP contribution in [0.4, 0.5) is 0 Å². The van der Waals surface area contributed by atoms with E-state index < -0.39 is 0 Å². The zero-order valence-electron chi connectivity index (χ0n) is 12.9. The van der Waals surface area contributed by atoms with Gasteiger partial charge in [-0.3, -0.25) is 0 Å². The number of benzene rings is 1. The average Bonchev–Trinajstić information content (AvgIpc) is 2.53. The second-order valence-corrected chi connectivity index (χ2v) is 6.31.